The summed E-state index contributed by atoms with van der Waals surface area (Å²) in [4.78, 5) is 54.8. The number of nitro benzene ring substituents is 1. The second-order valence-corrected chi connectivity index (χ2v) is 11.0. The molecule has 4 aromatic carbocycles. The average molecular weight is 552 g/mol. The molecule has 8 nitrogen and oxygen atoms in total. The van der Waals surface area contributed by atoms with Gasteiger partial charge in [0.25, 0.3) is 17.5 Å². The minimum absolute atomic E-state index is 0.00478. The Morgan fingerprint density at radius 2 is 1.59 bits per heavy atom. The number of anilines is 1. The van der Waals surface area contributed by atoms with Crippen LogP contribution in [-0.2, 0) is 0 Å². The Labute approximate surface area is 230 Å². The van der Waals surface area contributed by atoms with Gasteiger partial charge in [0, 0.05) is 17.7 Å². The summed E-state index contributed by atoms with van der Waals surface area (Å²) in [7, 11) is 0. The van der Waals surface area contributed by atoms with Gasteiger partial charge in [0.1, 0.15) is 0 Å². The van der Waals surface area contributed by atoms with Crippen LogP contribution in [0.1, 0.15) is 31.1 Å². The van der Waals surface area contributed by atoms with E-state index in [1.54, 1.807) is 18.2 Å². The van der Waals surface area contributed by atoms with E-state index in [4.69, 9.17) is 0 Å². The highest BCUT2D eigenvalue weighted by atomic mass is 32.2. The first-order chi connectivity index (χ1) is 18.9. The van der Waals surface area contributed by atoms with E-state index >= 15 is 0 Å². The van der Waals surface area contributed by atoms with Gasteiger partial charge in [-0.2, -0.15) is 0 Å². The molecule has 2 heterocycles. The van der Waals surface area contributed by atoms with Gasteiger partial charge in [0.2, 0.25) is 0 Å². The molecule has 2 amide bonds. The molecule has 0 fully saturated rings. The molecule has 0 radical (unpaired) electrons. The zero-order valence-corrected chi connectivity index (χ0v) is 21.7. The third kappa shape index (κ3) is 4.60. The van der Waals surface area contributed by atoms with Gasteiger partial charge in [-0.05, 0) is 35.4 Å². The number of hydrogen-bond acceptors (Lipinski definition) is 8. The molecular formula is C29H17N3O5S2. The SMILES string of the molecule is O=C(CSc1nc2ccc(N3C(=O)c4ccc([N+](=O)[O-])cc4C3=O)cc2s1)c1ccc(-c2ccccc2)cc1. The molecule has 0 atom stereocenters. The number of thioether (sulfide) groups is 1. The largest absolute Gasteiger partial charge is 0.293 e. The Morgan fingerprint density at radius 1 is 0.872 bits per heavy atom. The van der Waals surface area contributed by atoms with Crippen LogP contribution < -0.4 is 4.90 Å². The summed E-state index contributed by atoms with van der Waals surface area (Å²) in [5.41, 5.74) is 3.66. The number of Topliss-reactive ketones (excluding diaryl/α,β-unsaturated/α-hetero) is 1. The highest BCUT2D eigenvalue weighted by molar-refractivity contribution is 8.01. The molecule has 10 heteroatoms. The van der Waals surface area contributed by atoms with Crippen molar-refractivity contribution >= 4 is 62.3 Å². The van der Waals surface area contributed by atoms with Crippen molar-refractivity contribution in [3.05, 3.63) is 118 Å². The van der Waals surface area contributed by atoms with Crippen LogP contribution in [0.3, 0.4) is 0 Å². The number of hydrogen-bond donors (Lipinski definition) is 0. The average Bonchev–Trinajstić information content (AvgIpc) is 3.49. The van der Waals surface area contributed by atoms with Gasteiger partial charge < -0.3 is 0 Å². The number of fused-ring (bicyclic) bond motifs is 2. The van der Waals surface area contributed by atoms with Crippen LogP contribution in [-0.4, -0.2) is 33.3 Å². The van der Waals surface area contributed by atoms with Gasteiger partial charge in [-0.15, -0.1) is 11.3 Å². The monoisotopic (exact) mass is 551 g/mol. The lowest BCUT2D eigenvalue weighted by atomic mass is 10.0. The number of thiazole rings is 1. The standard InChI is InChI=1S/C29H17N3O5S2/c33-25(19-8-6-18(7-9-19)17-4-2-1-3-5-17)16-38-29-30-24-13-11-20(15-26(24)39-29)31-27(34)22-12-10-21(32(36)37)14-23(22)28(31)35/h1-15H,16H2. The van der Waals surface area contributed by atoms with Gasteiger partial charge in [0.05, 0.1) is 37.7 Å². The summed E-state index contributed by atoms with van der Waals surface area (Å²) in [5, 5.41) is 11.1. The maximum atomic E-state index is 13.0. The molecule has 1 aliphatic rings. The van der Waals surface area contributed by atoms with Crippen LogP contribution >= 0.6 is 23.1 Å². The zero-order chi connectivity index (χ0) is 27.1. The topological polar surface area (TPSA) is 110 Å². The lowest BCUT2D eigenvalue weighted by Crippen LogP contribution is -2.29. The number of carbonyl (C=O) groups excluding carboxylic acids is 3. The van der Waals surface area contributed by atoms with Gasteiger partial charge >= 0.3 is 0 Å². The Balaban J connectivity index is 1.17. The van der Waals surface area contributed by atoms with E-state index in [0.717, 1.165) is 26.8 Å². The first-order valence-electron chi connectivity index (χ1n) is 11.8. The molecule has 1 aliphatic heterocycles. The summed E-state index contributed by atoms with van der Waals surface area (Å²) in [6.07, 6.45) is 0. The lowest BCUT2D eigenvalue weighted by Gasteiger charge is -2.13. The van der Waals surface area contributed by atoms with Crippen LogP contribution in [0.25, 0.3) is 21.3 Å². The molecule has 0 saturated heterocycles. The molecule has 0 saturated carbocycles. The summed E-state index contributed by atoms with van der Waals surface area (Å²) in [6, 6.07) is 26.1. The highest BCUT2D eigenvalue weighted by Crippen LogP contribution is 2.36. The molecule has 5 aromatic rings. The second-order valence-electron chi connectivity index (χ2n) is 8.72. The van der Waals surface area contributed by atoms with Crippen molar-refractivity contribution in [3.63, 3.8) is 0 Å². The van der Waals surface area contributed by atoms with Crippen LogP contribution in [0.5, 0.6) is 0 Å². The zero-order valence-electron chi connectivity index (χ0n) is 20.1. The van der Waals surface area contributed by atoms with E-state index in [2.05, 4.69) is 4.98 Å². The summed E-state index contributed by atoms with van der Waals surface area (Å²) in [6.45, 7) is 0. The minimum atomic E-state index is -0.610. The summed E-state index contributed by atoms with van der Waals surface area (Å²) in [5.74, 6) is -0.942. The van der Waals surface area contributed by atoms with Crippen LogP contribution in [0.4, 0.5) is 11.4 Å². The molecule has 0 spiro atoms. The van der Waals surface area contributed by atoms with Crippen molar-refractivity contribution in [2.75, 3.05) is 10.7 Å². The van der Waals surface area contributed by atoms with E-state index < -0.39 is 16.7 Å². The molecule has 0 N–H and O–H groups in total. The molecule has 0 aliphatic carbocycles. The normalized spacial score (nSPS) is 12.7. The van der Waals surface area contributed by atoms with E-state index in [1.165, 1.54) is 35.2 Å². The van der Waals surface area contributed by atoms with Gasteiger partial charge in [-0.25, -0.2) is 9.88 Å². The predicted molar refractivity (Wildman–Crippen MR) is 151 cm³/mol. The quantitative estimate of drug-likeness (QED) is 0.0732. The second kappa shape index (κ2) is 9.90. The Hall–Kier alpha value is -4.67. The van der Waals surface area contributed by atoms with Crippen LogP contribution in [0.2, 0.25) is 0 Å². The maximum Gasteiger partial charge on any atom is 0.270 e. The van der Waals surface area contributed by atoms with Crippen molar-refractivity contribution in [2.24, 2.45) is 0 Å². The van der Waals surface area contributed by atoms with E-state index in [1.807, 2.05) is 54.6 Å². The fraction of sp³-hybridized carbons (Fsp3) is 0.0345. The number of carbonyl (C=O) groups is 3. The molecular weight excluding hydrogens is 534 g/mol. The summed E-state index contributed by atoms with van der Waals surface area (Å²) >= 11 is 2.69. The molecule has 1 aromatic heterocycles. The molecule has 0 bridgehead atoms. The number of aromatic nitrogens is 1. The van der Waals surface area contributed by atoms with Crippen molar-refractivity contribution in [1.82, 2.24) is 4.98 Å². The maximum absolute atomic E-state index is 13.0. The fourth-order valence-electron chi connectivity index (χ4n) is 4.36. The Bertz CT molecular complexity index is 1800. The van der Waals surface area contributed by atoms with Crippen molar-refractivity contribution in [1.29, 1.82) is 0 Å². The Kier molecular flexibility index (Phi) is 6.26. The molecule has 6 rings (SSSR count). The van der Waals surface area contributed by atoms with E-state index in [0.29, 0.717) is 21.1 Å². The first-order valence-corrected chi connectivity index (χ1v) is 13.6. The van der Waals surface area contributed by atoms with Crippen LogP contribution in [0, 0.1) is 10.1 Å². The van der Waals surface area contributed by atoms with Crippen LogP contribution in [0.15, 0.2) is 95.3 Å². The number of ketones is 1. The Morgan fingerprint density at radius 3 is 2.33 bits per heavy atom. The molecule has 39 heavy (non-hydrogen) atoms. The van der Waals surface area contributed by atoms with E-state index in [-0.39, 0.29) is 28.4 Å². The van der Waals surface area contributed by atoms with Crippen molar-refractivity contribution in [3.8, 4) is 11.1 Å². The number of amides is 2. The number of imide groups is 1. The summed E-state index contributed by atoms with van der Waals surface area (Å²) < 4.78 is 1.44. The minimum Gasteiger partial charge on any atom is -0.293 e. The number of nitro groups is 1. The first kappa shape index (κ1) is 24.7. The van der Waals surface area contributed by atoms with Gasteiger partial charge in [0.15, 0.2) is 10.1 Å². The van der Waals surface area contributed by atoms with E-state index in [9.17, 15) is 24.5 Å². The molecule has 190 valence electrons. The van der Waals surface area contributed by atoms with Gasteiger partial charge in [-0.1, -0.05) is 66.4 Å². The van der Waals surface area contributed by atoms with Crippen molar-refractivity contribution in [2.45, 2.75) is 4.34 Å². The number of rotatable bonds is 7. The highest BCUT2D eigenvalue weighted by Gasteiger charge is 2.38. The fourth-order valence-corrected chi connectivity index (χ4v) is 6.36. The number of benzene rings is 4. The number of non-ortho nitro benzene ring substituents is 1. The smallest absolute Gasteiger partial charge is 0.270 e. The lowest BCUT2D eigenvalue weighted by molar-refractivity contribution is -0.384. The van der Waals surface area contributed by atoms with Crippen molar-refractivity contribution < 1.29 is 19.3 Å². The van der Waals surface area contributed by atoms with Gasteiger partial charge in [-0.3, -0.25) is 24.5 Å². The molecule has 0 unspecified atom stereocenters. The third-order valence-electron chi connectivity index (χ3n) is 6.33. The third-order valence-corrected chi connectivity index (χ3v) is 8.49. The number of nitrogens with zero attached hydrogens (tertiary/aromatic N) is 3. The predicted octanol–water partition coefficient (Wildman–Crippen LogP) is 6.65.